The largest absolute Gasteiger partial charge is 0.459 e. The Balaban J connectivity index is 1.61. The Hall–Kier alpha value is -3.45. The molecule has 2 aromatic heterocycles. The molecule has 0 saturated heterocycles. The molecule has 3 N–H and O–H groups in total. The minimum Gasteiger partial charge on any atom is -0.459 e. The topological polar surface area (TPSA) is 98.2 Å². The van der Waals surface area contributed by atoms with Gasteiger partial charge in [0, 0.05) is 16.8 Å². The fourth-order valence-electron chi connectivity index (χ4n) is 2.53. The van der Waals surface area contributed by atoms with E-state index in [0.29, 0.717) is 27.5 Å². The molecule has 0 fully saturated rings. The van der Waals surface area contributed by atoms with Crippen LogP contribution in [0.5, 0.6) is 0 Å². The average Bonchev–Trinajstić information content (AvgIpc) is 3.29. The highest BCUT2D eigenvalue weighted by atomic mass is 32.1. The predicted molar refractivity (Wildman–Crippen MR) is 101 cm³/mol. The zero-order valence-corrected chi connectivity index (χ0v) is 14.2. The molecule has 0 radical (unpaired) electrons. The van der Waals surface area contributed by atoms with Crippen molar-refractivity contribution in [2.24, 2.45) is 0 Å². The lowest BCUT2D eigenvalue weighted by Gasteiger charge is -2.02. The first-order chi connectivity index (χ1) is 12.6. The van der Waals surface area contributed by atoms with Crippen LogP contribution in [0.4, 0.5) is 10.8 Å². The quantitative estimate of drug-likeness (QED) is 0.422. The summed E-state index contributed by atoms with van der Waals surface area (Å²) in [5.74, 6) is -0.277. The number of carbonyl (C=O) groups excluding carboxylic acids is 2. The van der Waals surface area contributed by atoms with E-state index in [1.54, 1.807) is 54.6 Å². The molecule has 0 unspecified atom stereocenters. The standard InChI is InChI=1S/C19H13N3O3S/c20-13-4-1-3-11(9-13)17(23)12-6-7-14-16(10-12)26-19(21-14)22-18(24)15-5-2-8-25-15/h1-10H,20H2,(H,21,22,24). The summed E-state index contributed by atoms with van der Waals surface area (Å²) in [6, 6.07) is 15.3. The van der Waals surface area contributed by atoms with Crippen molar-refractivity contribution >= 4 is 44.1 Å². The van der Waals surface area contributed by atoms with E-state index >= 15 is 0 Å². The van der Waals surface area contributed by atoms with Crippen molar-refractivity contribution in [3.8, 4) is 0 Å². The summed E-state index contributed by atoms with van der Waals surface area (Å²) in [5, 5.41) is 3.13. The molecule has 4 aromatic rings. The third-order valence-corrected chi connectivity index (χ3v) is 4.70. The number of ketones is 1. The van der Waals surface area contributed by atoms with Gasteiger partial charge in [0.15, 0.2) is 16.7 Å². The van der Waals surface area contributed by atoms with Gasteiger partial charge in [-0.15, -0.1) is 0 Å². The Morgan fingerprint density at radius 2 is 1.88 bits per heavy atom. The Morgan fingerprint density at radius 3 is 2.65 bits per heavy atom. The van der Waals surface area contributed by atoms with Crippen molar-refractivity contribution in [1.29, 1.82) is 0 Å². The summed E-state index contributed by atoms with van der Waals surface area (Å²) in [6.45, 7) is 0. The van der Waals surface area contributed by atoms with Crippen LogP contribution in [0, 0.1) is 0 Å². The Labute approximate surface area is 152 Å². The summed E-state index contributed by atoms with van der Waals surface area (Å²) in [7, 11) is 0. The highest BCUT2D eigenvalue weighted by Crippen LogP contribution is 2.28. The number of nitrogens with one attached hydrogen (secondary N) is 1. The Morgan fingerprint density at radius 1 is 1.04 bits per heavy atom. The molecule has 0 saturated carbocycles. The van der Waals surface area contributed by atoms with Gasteiger partial charge in [-0.1, -0.05) is 23.5 Å². The average molecular weight is 363 g/mol. The minimum absolute atomic E-state index is 0.117. The Kier molecular flexibility index (Phi) is 3.98. The van der Waals surface area contributed by atoms with Crippen LogP contribution in [0.3, 0.4) is 0 Å². The van der Waals surface area contributed by atoms with Gasteiger partial charge in [0.05, 0.1) is 16.5 Å². The van der Waals surface area contributed by atoms with Crippen molar-refractivity contribution in [3.05, 3.63) is 77.7 Å². The molecule has 1 amide bonds. The number of hydrogen-bond acceptors (Lipinski definition) is 6. The van der Waals surface area contributed by atoms with Gasteiger partial charge in [0.25, 0.3) is 5.91 Å². The lowest BCUT2D eigenvalue weighted by atomic mass is 10.0. The lowest BCUT2D eigenvalue weighted by Crippen LogP contribution is -2.10. The van der Waals surface area contributed by atoms with Crippen LogP contribution >= 0.6 is 11.3 Å². The van der Waals surface area contributed by atoms with E-state index in [4.69, 9.17) is 10.2 Å². The molecule has 128 valence electrons. The highest BCUT2D eigenvalue weighted by molar-refractivity contribution is 7.22. The fourth-order valence-corrected chi connectivity index (χ4v) is 3.43. The van der Waals surface area contributed by atoms with Crippen molar-refractivity contribution in [3.63, 3.8) is 0 Å². The highest BCUT2D eigenvalue weighted by Gasteiger charge is 2.14. The Bertz CT molecular complexity index is 1120. The summed E-state index contributed by atoms with van der Waals surface area (Å²) < 4.78 is 5.86. The summed E-state index contributed by atoms with van der Waals surface area (Å²) in [5.41, 5.74) is 8.05. The van der Waals surface area contributed by atoms with Crippen LogP contribution < -0.4 is 11.1 Å². The number of thiazole rings is 1. The zero-order valence-electron chi connectivity index (χ0n) is 13.4. The second kappa shape index (κ2) is 6.45. The molecule has 2 heterocycles. The number of nitrogen functional groups attached to an aromatic ring is 1. The molecule has 7 heteroatoms. The van der Waals surface area contributed by atoms with Gasteiger partial charge in [-0.05, 0) is 42.5 Å². The van der Waals surface area contributed by atoms with E-state index in [-0.39, 0.29) is 17.5 Å². The molecule has 6 nitrogen and oxygen atoms in total. The van der Waals surface area contributed by atoms with Gasteiger partial charge < -0.3 is 10.2 Å². The number of carbonyl (C=O) groups is 2. The fraction of sp³-hybridized carbons (Fsp3) is 0. The predicted octanol–water partition coefficient (Wildman–Crippen LogP) is 3.95. The van der Waals surface area contributed by atoms with Crippen LogP contribution in [0.15, 0.2) is 65.3 Å². The van der Waals surface area contributed by atoms with E-state index in [2.05, 4.69) is 10.3 Å². The SMILES string of the molecule is Nc1cccc(C(=O)c2ccc3nc(NC(=O)c4ccco4)sc3c2)c1. The molecule has 0 aliphatic heterocycles. The summed E-state index contributed by atoms with van der Waals surface area (Å²) in [6.07, 6.45) is 1.43. The monoisotopic (exact) mass is 363 g/mol. The van der Waals surface area contributed by atoms with Crippen LogP contribution in [0.2, 0.25) is 0 Å². The first-order valence-corrected chi connectivity index (χ1v) is 8.57. The van der Waals surface area contributed by atoms with Crippen molar-refractivity contribution < 1.29 is 14.0 Å². The van der Waals surface area contributed by atoms with Crippen LogP contribution in [-0.2, 0) is 0 Å². The number of anilines is 2. The molecule has 0 atom stereocenters. The minimum atomic E-state index is -0.370. The van der Waals surface area contributed by atoms with Crippen LogP contribution in [0.1, 0.15) is 26.5 Å². The number of rotatable bonds is 4. The molecule has 0 aliphatic carbocycles. The van der Waals surface area contributed by atoms with Crippen LogP contribution in [0.25, 0.3) is 10.2 Å². The number of hydrogen-bond donors (Lipinski definition) is 2. The molecule has 0 spiro atoms. The van der Waals surface area contributed by atoms with Gasteiger partial charge in [-0.25, -0.2) is 4.98 Å². The third-order valence-electron chi connectivity index (χ3n) is 3.76. The van der Waals surface area contributed by atoms with Crippen LogP contribution in [-0.4, -0.2) is 16.7 Å². The molecule has 0 bridgehead atoms. The lowest BCUT2D eigenvalue weighted by molar-refractivity contribution is 0.0995. The maximum atomic E-state index is 12.6. The van der Waals surface area contributed by atoms with E-state index in [0.717, 1.165) is 4.70 Å². The normalized spacial score (nSPS) is 10.8. The number of aromatic nitrogens is 1. The van der Waals surface area contributed by atoms with Crippen molar-refractivity contribution in [2.45, 2.75) is 0 Å². The maximum Gasteiger partial charge on any atom is 0.293 e. The molecule has 26 heavy (non-hydrogen) atoms. The number of fused-ring (bicyclic) bond motifs is 1. The third kappa shape index (κ3) is 3.07. The molecule has 2 aromatic carbocycles. The zero-order chi connectivity index (χ0) is 18.1. The van der Waals surface area contributed by atoms with E-state index < -0.39 is 0 Å². The first-order valence-electron chi connectivity index (χ1n) is 7.76. The molecular formula is C19H13N3O3S. The van der Waals surface area contributed by atoms with Gasteiger partial charge in [0.2, 0.25) is 0 Å². The number of furan rings is 1. The smallest absolute Gasteiger partial charge is 0.293 e. The molecular weight excluding hydrogens is 350 g/mol. The number of benzene rings is 2. The molecule has 0 aliphatic rings. The van der Waals surface area contributed by atoms with E-state index in [9.17, 15) is 9.59 Å². The summed E-state index contributed by atoms with van der Waals surface area (Å²) >= 11 is 1.29. The number of nitrogens with two attached hydrogens (primary N) is 1. The van der Waals surface area contributed by atoms with Gasteiger partial charge in [-0.2, -0.15) is 0 Å². The second-order valence-electron chi connectivity index (χ2n) is 5.59. The number of nitrogens with zero attached hydrogens (tertiary/aromatic N) is 1. The van der Waals surface area contributed by atoms with Gasteiger partial charge >= 0.3 is 0 Å². The maximum absolute atomic E-state index is 12.6. The summed E-state index contributed by atoms with van der Waals surface area (Å²) in [4.78, 5) is 29.0. The van der Waals surface area contributed by atoms with Gasteiger partial charge in [-0.3, -0.25) is 14.9 Å². The number of amides is 1. The second-order valence-corrected chi connectivity index (χ2v) is 6.62. The first kappa shape index (κ1) is 16.0. The van der Waals surface area contributed by atoms with E-state index in [1.165, 1.54) is 17.6 Å². The van der Waals surface area contributed by atoms with Gasteiger partial charge in [0.1, 0.15) is 0 Å². The van der Waals surface area contributed by atoms with Crippen molar-refractivity contribution in [2.75, 3.05) is 11.1 Å². The van der Waals surface area contributed by atoms with Crippen molar-refractivity contribution in [1.82, 2.24) is 4.98 Å². The van der Waals surface area contributed by atoms with E-state index in [1.807, 2.05) is 0 Å². The molecule has 4 rings (SSSR count).